The van der Waals surface area contributed by atoms with Gasteiger partial charge in [-0.05, 0) is 0 Å². The molecule has 0 saturated carbocycles. The Balaban J connectivity index is -0.0000000450. The van der Waals surface area contributed by atoms with Gasteiger partial charge in [0, 0.05) is 44.7 Å². The smallest absolute Gasteiger partial charge is 0.300 e. The van der Waals surface area contributed by atoms with Gasteiger partial charge in [0.2, 0.25) is 0 Å². The molecule has 0 aliphatic rings. The fraction of sp³-hybridized carbons (Fsp3) is 0.500. The maximum absolute atomic E-state index is 9.00. The Morgan fingerprint density at radius 1 is 1.67 bits per heavy atom. The number of carboxylic acids is 1. The Morgan fingerprint density at radius 2 is 1.67 bits per heavy atom. The van der Waals surface area contributed by atoms with E-state index in [-0.39, 0.29) is 43.2 Å². The Morgan fingerprint density at radius 3 is 1.67 bits per heavy atom. The molecule has 6 heavy (non-hydrogen) atoms. The molecule has 0 atom stereocenters. The van der Waals surface area contributed by atoms with Crippen molar-refractivity contribution in [2.24, 2.45) is 0 Å². The van der Waals surface area contributed by atoms with Crippen LogP contribution in [0, 0.1) is 37.7 Å². The summed E-state index contributed by atoms with van der Waals surface area (Å²) in [5.74, 6) is -0.833. The van der Waals surface area contributed by atoms with Crippen LogP contribution >= 0.6 is 0 Å². The van der Waals surface area contributed by atoms with E-state index in [1.807, 2.05) is 0 Å². The van der Waals surface area contributed by atoms with Crippen molar-refractivity contribution in [2.45, 2.75) is 6.92 Å². The number of carboxylic acid groups (broad SMARTS) is 1. The zero-order valence-corrected chi connectivity index (χ0v) is 5.09. The Kier molecular flexibility index (Phi) is 24.4. The number of aliphatic carboxylic acids is 1. The Bertz CT molecular complexity index is 31.8. The van der Waals surface area contributed by atoms with Gasteiger partial charge in [-0.1, -0.05) is 0 Å². The van der Waals surface area contributed by atoms with E-state index in [1.54, 1.807) is 0 Å². The minimum absolute atomic E-state index is 0. The van der Waals surface area contributed by atoms with E-state index in [4.69, 9.17) is 9.90 Å². The fourth-order valence-corrected chi connectivity index (χ4v) is 0. The quantitative estimate of drug-likeness (QED) is 0.569. The summed E-state index contributed by atoms with van der Waals surface area (Å²) in [7, 11) is 0. The molecule has 0 aliphatic carbocycles. The van der Waals surface area contributed by atoms with Crippen molar-refractivity contribution in [3.63, 3.8) is 0 Å². The van der Waals surface area contributed by atoms with Crippen LogP contribution < -0.4 is 0 Å². The van der Waals surface area contributed by atoms with Crippen LogP contribution in [0.15, 0.2) is 0 Å². The van der Waals surface area contributed by atoms with Crippen LogP contribution in [0.5, 0.6) is 0 Å². The van der Waals surface area contributed by atoms with Crippen LogP contribution in [0.4, 0.5) is 0 Å². The summed E-state index contributed by atoms with van der Waals surface area (Å²) in [5.41, 5.74) is 0. The molecule has 0 heterocycles. The molecule has 0 aromatic heterocycles. The van der Waals surface area contributed by atoms with Crippen molar-refractivity contribution in [3.8, 4) is 0 Å². The van der Waals surface area contributed by atoms with Gasteiger partial charge in [0.25, 0.3) is 5.97 Å². The van der Waals surface area contributed by atoms with Gasteiger partial charge in [-0.15, -0.1) is 0 Å². The predicted molar refractivity (Wildman–Crippen MR) is 16.9 cm³/mol. The van der Waals surface area contributed by atoms with Crippen LogP contribution in [0.3, 0.4) is 0 Å². The normalized spacial score (nSPS) is 4.17. The second-order valence-electron chi connectivity index (χ2n) is 0.519. The standard InChI is InChI=1S/C2H4O2.Ho.H2O/c1-2(3)4;;/h1H3,(H,3,4);;1H2. The van der Waals surface area contributed by atoms with E-state index < -0.39 is 5.97 Å². The molecule has 3 nitrogen and oxygen atoms in total. The largest absolute Gasteiger partial charge is 0.481 e. The summed E-state index contributed by atoms with van der Waals surface area (Å²) < 4.78 is 0. The first-order valence-electron chi connectivity index (χ1n) is 0.928. The molecule has 0 aromatic rings. The van der Waals surface area contributed by atoms with Crippen molar-refractivity contribution in [1.82, 2.24) is 0 Å². The first kappa shape index (κ1) is 15.9. The van der Waals surface area contributed by atoms with Crippen molar-refractivity contribution >= 4 is 5.97 Å². The first-order chi connectivity index (χ1) is 1.73. The summed E-state index contributed by atoms with van der Waals surface area (Å²) >= 11 is 0. The third-order valence-electron chi connectivity index (χ3n) is 0. The Hall–Kier alpha value is 0.690. The van der Waals surface area contributed by atoms with Crippen molar-refractivity contribution in [2.75, 3.05) is 0 Å². The summed E-state index contributed by atoms with van der Waals surface area (Å²) in [4.78, 5) is 9.00. The van der Waals surface area contributed by atoms with Gasteiger partial charge in [0.1, 0.15) is 0 Å². The molecule has 0 aliphatic heterocycles. The molecule has 3 N–H and O–H groups in total. The summed E-state index contributed by atoms with van der Waals surface area (Å²) in [6.07, 6.45) is 0. The summed E-state index contributed by atoms with van der Waals surface area (Å²) in [6, 6.07) is 0. The molecule has 0 spiro atoms. The van der Waals surface area contributed by atoms with E-state index in [9.17, 15) is 0 Å². The van der Waals surface area contributed by atoms with Crippen molar-refractivity contribution < 1.29 is 53.1 Å². The van der Waals surface area contributed by atoms with E-state index in [2.05, 4.69) is 0 Å². The zero-order chi connectivity index (χ0) is 3.58. The molecule has 0 unspecified atom stereocenters. The summed E-state index contributed by atoms with van der Waals surface area (Å²) in [6.45, 7) is 1.08. The third-order valence-corrected chi connectivity index (χ3v) is 0. The molecule has 0 saturated heterocycles. The van der Waals surface area contributed by atoms with E-state index >= 15 is 0 Å². The van der Waals surface area contributed by atoms with Gasteiger partial charge < -0.3 is 10.6 Å². The monoisotopic (exact) mass is 243 g/mol. The molecule has 0 amide bonds. The van der Waals surface area contributed by atoms with Gasteiger partial charge in [0.05, 0.1) is 0 Å². The Labute approximate surface area is 65.7 Å². The van der Waals surface area contributed by atoms with Gasteiger partial charge >= 0.3 is 0 Å². The number of rotatable bonds is 0. The van der Waals surface area contributed by atoms with Crippen LogP contribution in [0.1, 0.15) is 6.92 Å². The van der Waals surface area contributed by atoms with E-state index in [1.165, 1.54) is 0 Å². The molecular formula is C2H6HoO3. The SMILES string of the molecule is CC(=O)O.O.[Ho]. The van der Waals surface area contributed by atoms with Crippen LogP contribution in [-0.4, -0.2) is 16.6 Å². The topological polar surface area (TPSA) is 68.8 Å². The third kappa shape index (κ3) is 134. The first-order valence-corrected chi connectivity index (χ1v) is 0.928. The molecule has 0 bridgehead atoms. The fourth-order valence-electron chi connectivity index (χ4n) is 0. The van der Waals surface area contributed by atoms with Crippen LogP contribution in [-0.2, 0) is 4.79 Å². The number of hydrogen-bond acceptors (Lipinski definition) is 1. The number of carbonyl (C=O) groups is 1. The van der Waals surface area contributed by atoms with E-state index in [0.717, 1.165) is 6.92 Å². The molecule has 43 valence electrons. The average Bonchev–Trinajstić information content (AvgIpc) is 0.811. The van der Waals surface area contributed by atoms with Gasteiger partial charge in [-0.3, -0.25) is 4.79 Å². The van der Waals surface area contributed by atoms with E-state index in [0.29, 0.717) is 0 Å². The number of hydrogen-bond donors (Lipinski definition) is 1. The molecule has 0 aromatic carbocycles. The molecule has 4 heteroatoms. The molecular weight excluding hydrogens is 237 g/mol. The molecule has 0 rings (SSSR count). The minimum atomic E-state index is -0.833. The van der Waals surface area contributed by atoms with Gasteiger partial charge in [-0.2, -0.15) is 0 Å². The van der Waals surface area contributed by atoms with Crippen LogP contribution in [0.2, 0.25) is 0 Å². The average molecular weight is 243 g/mol. The maximum Gasteiger partial charge on any atom is 0.300 e. The van der Waals surface area contributed by atoms with Crippen molar-refractivity contribution in [3.05, 3.63) is 0 Å². The molecule has 1 radical (unpaired) electrons. The van der Waals surface area contributed by atoms with Gasteiger partial charge in [0.15, 0.2) is 0 Å². The second-order valence-corrected chi connectivity index (χ2v) is 0.519. The predicted octanol–water partition coefficient (Wildman–Crippen LogP) is -0.734. The second kappa shape index (κ2) is 9.19. The van der Waals surface area contributed by atoms with Crippen LogP contribution in [0.25, 0.3) is 0 Å². The zero-order valence-electron chi connectivity index (χ0n) is 3.16. The van der Waals surface area contributed by atoms with Crippen molar-refractivity contribution in [1.29, 1.82) is 0 Å². The maximum atomic E-state index is 9.00. The van der Waals surface area contributed by atoms with Gasteiger partial charge in [-0.25, -0.2) is 0 Å². The molecule has 0 fully saturated rings. The summed E-state index contributed by atoms with van der Waals surface area (Å²) in [5, 5.41) is 7.42. The minimum Gasteiger partial charge on any atom is -0.481 e.